The molecular formula is C8H9N3O. The summed E-state index contributed by atoms with van der Waals surface area (Å²) in [6, 6.07) is 0. The van der Waals surface area contributed by atoms with Crippen molar-refractivity contribution < 1.29 is 4.79 Å². The molecule has 1 aromatic heterocycles. The standard InChI is InChI=1S/C8H9N3O/c9-8-10-4-5-6(11-8)2-1-3-7(5)12/h4H,1-3H2,(H2,9,10,11). The van der Waals surface area contributed by atoms with Gasteiger partial charge in [-0.25, -0.2) is 9.97 Å². The third-order valence-corrected chi connectivity index (χ3v) is 2.00. The van der Waals surface area contributed by atoms with Crippen LogP contribution in [0.1, 0.15) is 28.9 Å². The van der Waals surface area contributed by atoms with Crippen molar-refractivity contribution in [3.63, 3.8) is 0 Å². The van der Waals surface area contributed by atoms with Crippen LogP contribution >= 0.6 is 0 Å². The first-order valence-electron chi connectivity index (χ1n) is 3.92. The van der Waals surface area contributed by atoms with E-state index >= 15 is 0 Å². The second-order valence-corrected chi connectivity index (χ2v) is 2.87. The average molecular weight is 163 g/mol. The van der Waals surface area contributed by atoms with Crippen molar-refractivity contribution in [1.29, 1.82) is 0 Å². The van der Waals surface area contributed by atoms with Crippen LogP contribution in [0.5, 0.6) is 0 Å². The van der Waals surface area contributed by atoms with Crippen LogP contribution in [0.15, 0.2) is 6.20 Å². The summed E-state index contributed by atoms with van der Waals surface area (Å²) in [7, 11) is 0. The SMILES string of the molecule is Nc1ncc2c(n1)CCCC2=O. The molecule has 12 heavy (non-hydrogen) atoms. The fraction of sp³-hybridized carbons (Fsp3) is 0.375. The summed E-state index contributed by atoms with van der Waals surface area (Å²) < 4.78 is 0. The van der Waals surface area contributed by atoms with Gasteiger partial charge in [0, 0.05) is 12.6 Å². The maximum Gasteiger partial charge on any atom is 0.220 e. The fourth-order valence-electron chi connectivity index (χ4n) is 1.41. The van der Waals surface area contributed by atoms with Crippen LogP contribution in [0.2, 0.25) is 0 Å². The highest BCUT2D eigenvalue weighted by Crippen LogP contribution is 2.18. The number of aryl methyl sites for hydroxylation is 1. The van der Waals surface area contributed by atoms with E-state index < -0.39 is 0 Å². The molecule has 62 valence electrons. The molecule has 0 spiro atoms. The summed E-state index contributed by atoms with van der Waals surface area (Å²) in [5, 5.41) is 0. The third kappa shape index (κ3) is 1.05. The summed E-state index contributed by atoms with van der Waals surface area (Å²) in [5.41, 5.74) is 6.85. The number of Topliss-reactive ketones (excluding diaryl/α,β-unsaturated/α-hetero) is 1. The molecule has 2 N–H and O–H groups in total. The van der Waals surface area contributed by atoms with E-state index in [2.05, 4.69) is 9.97 Å². The van der Waals surface area contributed by atoms with Gasteiger partial charge in [0.2, 0.25) is 5.95 Å². The molecule has 0 saturated carbocycles. The van der Waals surface area contributed by atoms with Crippen LogP contribution < -0.4 is 5.73 Å². The lowest BCUT2D eigenvalue weighted by atomic mass is 9.96. The van der Waals surface area contributed by atoms with Gasteiger partial charge in [-0.15, -0.1) is 0 Å². The number of carbonyl (C=O) groups excluding carboxylic acids is 1. The molecule has 0 amide bonds. The molecule has 1 heterocycles. The number of rotatable bonds is 0. The second-order valence-electron chi connectivity index (χ2n) is 2.87. The van der Waals surface area contributed by atoms with Gasteiger partial charge < -0.3 is 5.73 Å². The summed E-state index contributed by atoms with van der Waals surface area (Å²) in [6.07, 6.45) is 3.86. The lowest BCUT2D eigenvalue weighted by molar-refractivity contribution is 0.0971. The zero-order valence-corrected chi connectivity index (χ0v) is 6.58. The molecular weight excluding hydrogens is 154 g/mol. The zero-order valence-electron chi connectivity index (χ0n) is 6.58. The minimum absolute atomic E-state index is 0.135. The van der Waals surface area contributed by atoms with Gasteiger partial charge in [0.1, 0.15) is 0 Å². The Balaban J connectivity index is 2.53. The first kappa shape index (κ1) is 7.21. The number of hydrogen-bond donors (Lipinski definition) is 1. The minimum Gasteiger partial charge on any atom is -0.368 e. The number of nitrogens with two attached hydrogens (primary N) is 1. The van der Waals surface area contributed by atoms with E-state index in [1.54, 1.807) is 0 Å². The Morgan fingerprint density at radius 3 is 3.08 bits per heavy atom. The molecule has 4 nitrogen and oxygen atoms in total. The van der Waals surface area contributed by atoms with E-state index in [1.807, 2.05) is 0 Å². The van der Waals surface area contributed by atoms with Crippen LogP contribution in [0, 0.1) is 0 Å². The van der Waals surface area contributed by atoms with E-state index in [9.17, 15) is 4.79 Å². The van der Waals surface area contributed by atoms with Crippen LogP contribution in [-0.4, -0.2) is 15.8 Å². The van der Waals surface area contributed by atoms with Gasteiger partial charge in [-0.2, -0.15) is 0 Å². The molecule has 0 saturated heterocycles. The van der Waals surface area contributed by atoms with Gasteiger partial charge in [-0.1, -0.05) is 0 Å². The highest BCUT2D eigenvalue weighted by molar-refractivity contribution is 5.97. The molecule has 0 atom stereocenters. The molecule has 0 bridgehead atoms. The van der Waals surface area contributed by atoms with Gasteiger partial charge in [0.25, 0.3) is 0 Å². The largest absolute Gasteiger partial charge is 0.368 e. The highest BCUT2D eigenvalue weighted by Gasteiger charge is 2.18. The van der Waals surface area contributed by atoms with E-state index in [0.29, 0.717) is 12.0 Å². The molecule has 1 aliphatic carbocycles. The van der Waals surface area contributed by atoms with Gasteiger partial charge in [-0.3, -0.25) is 4.79 Å². The van der Waals surface area contributed by atoms with Crippen LogP contribution in [0.3, 0.4) is 0 Å². The van der Waals surface area contributed by atoms with Gasteiger partial charge >= 0.3 is 0 Å². The summed E-state index contributed by atoms with van der Waals surface area (Å²) in [5.74, 6) is 0.389. The normalized spacial score (nSPS) is 15.8. The number of anilines is 1. The Labute approximate surface area is 69.8 Å². The van der Waals surface area contributed by atoms with Gasteiger partial charge in [0.05, 0.1) is 11.3 Å². The van der Waals surface area contributed by atoms with Crippen molar-refractivity contribution >= 4 is 11.7 Å². The predicted octanol–water partition coefficient (Wildman–Crippen LogP) is 0.578. The van der Waals surface area contributed by atoms with Crippen molar-refractivity contribution in [2.45, 2.75) is 19.3 Å². The first-order valence-corrected chi connectivity index (χ1v) is 3.92. The Bertz CT molecular complexity index is 335. The molecule has 0 aliphatic heterocycles. The summed E-state index contributed by atoms with van der Waals surface area (Å²) in [4.78, 5) is 19.1. The van der Waals surface area contributed by atoms with Crippen molar-refractivity contribution in [2.75, 3.05) is 5.73 Å². The molecule has 0 radical (unpaired) electrons. The van der Waals surface area contributed by atoms with Gasteiger partial charge in [-0.05, 0) is 12.8 Å². The summed E-state index contributed by atoms with van der Waals surface area (Å²) in [6.45, 7) is 0. The number of aromatic nitrogens is 2. The van der Waals surface area contributed by atoms with Crippen molar-refractivity contribution in [3.8, 4) is 0 Å². The van der Waals surface area contributed by atoms with E-state index in [-0.39, 0.29) is 11.7 Å². The number of nitrogen functional groups attached to an aromatic ring is 1. The van der Waals surface area contributed by atoms with Crippen LogP contribution in [0.25, 0.3) is 0 Å². The average Bonchev–Trinajstić information content (AvgIpc) is 2.04. The number of nitrogens with zero attached hydrogens (tertiary/aromatic N) is 2. The lowest BCUT2D eigenvalue weighted by Gasteiger charge is -2.12. The van der Waals surface area contributed by atoms with Crippen LogP contribution in [0.4, 0.5) is 5.95 Å². The Kier molecular flexibility index (Phi) is 1.53. The monoisotopic (exact) mass is 163 g/mol. The second kappa shape index (κ2) is 2.55. The maximum absolute atomic E-state index is 11.3. The predicted molar refractivity (Wildman–Crippen MR) is 43.7 cm³/mol. The Morgan fingerprint density at radius 2 is 2.25 bits per heavy atom. The lowest BCUT2D eigenvalue weighted by Crippen LogP contribution is -2.14. The molecule has 1 aromatic rings. The van der Waals surface area contributed by atoms with Gasteiger partial charge in [0.15, 0.2) is 5.78 Å². The first-order chi connectivity index (χ1) is 5.77. The number of fused-ring (bicyclic) bond motifs is 1. The molecule has 0 unspecified atom stereocenters. The van der Waals surface area contributed by atoms with E-state index in [4.69, 9.17) is 5.73 Å². The Morgan fingerprint density at radius 1 is 1.42 bits per heavy atom. The Hall–Kier alpha value is -1.45. The third-order valence-electron chi connectivity index (χ3n) is 2.00. The van der Waals surface area contributed by atoms with E-state index in [0.717, 1.165) is 18.5 Å². The smallest absolute Gasteiger partial charge is 0.220 e. The van der Waals surface area contributed by atoms with Crippen LogP contribution in [-0.2, 0) is 6.42 Å². The molecule has 2 rings (SSSR count). The van der Waals surface area contributed by atoms with Crippen molar-refractivity contribution in [1.82, 2.24) is 9.97 Å². The topological polar surface area (TPSA) is 68.9 Å². The minimum atomic E-state index is 0.135. The number of ketones is 1. The quantitative estimate of drug-likeness (QED) is 0.607. The zero-order chi connectivity index (χ0) is 8.55. The maximum atomic E-state index is 11.3. The molecule has 0 aromatic carbocycles. The molecule has 1 aliphatic rings. The van der Waals surface area contributed by atoms with Crippen molar-refractivity contribution in [2.24, 2.45) is 0 Å². The van der Waals surface area contributed by atoms with E-state index in [1.165, 1.54) is 6.20 Å². The molecule has 0 fully saturated rings. The molecule has 4 heteroatoms. The number of carbonyl (C=O) groups is 1. The highest BCUT2D eigenvalue weighted by atomic mass is 16.1. The van der Waals surface area contributed by atoms with Crippen molar-refractivity contribution in [3.05, 3.63) is 17.5 Å². The fourth-order valence-corrected chi connectivity index (χ4v) is 1.41. The number of hydrogen-bond acceptors (Lipinski definition) is 4. The summed E-state index contributed by atoms with van der Waals surface area (Å²) >= 11 is 0.